The van der Waals surface area contributed by atoms with Gasteiger partial charge in [-0.05, 0) is 32.2 Å². The van der Waals surface area contributed by atoms with Gasteiger partial charge < -0.3 is 14.6 Å². The standard InChI is InChI=1S/C14H18FN3O/c1-9-14(17-13(8-16-2)18(9)3)10-5-6-12(19-4)11(15)7-10/h5-7,16H,8H2,1-4H3. The monoisotopic (exact) mass is 263 g/mol. The minimum absolute atomic E-state index is 0.243. The zero-order valence-electron chi connectivity index (χ0n) is 11.6. The normalized spacial score (nSPS) is 10.8. The molecule has 0 atom stereocenters. The predicted molar refractivity (Wildman–Crippen MR) is 72.7 cm³/mol. The quantitative estimate of drug-likeness (QED) is 0.919. The molecule has 1 heterocycles. The maximum Gasteiger partial charge on any atom is 0.165 e. The first-order valence-corrected chi connectivity index (χ1v) is 6.09. The molecule has 2 rings (SSSR count). The SMILES string of the molecule is CNCc1nc(-c2ccc(OC)c(F)c2)c(C)n1C. The van der Waals surface area contributed by atoms with Crippen LogP contribution in [0.5, 0.6) is 5.75 Å². The first-order valence-electron chi connectivity index (χ1n) is 6.09. The molecule has 0 fully saturated rings. The number of benzene rings is 1. The molecule has 1 aromatic heterocycles. The second-order valence-electron chi connectivity index (χ2n) is 4.40. The highest BCUT2D eigenvalue weighted by Crippen LogP contribution is 2.27. The Bertz CT molecular complexity index is 593. The average Bonchev–Trinajstić information content (AvgIpc) is 2.67. The fourth-order valence-electron chi connectivity index (χ4n) is 2.04. The number of hydrogen-bond acceptors (Lipinski definition) is 3. The van der Waals surface area contributed by atoms with Gasteiger partial charge in [-0.2, -0.15) is 0 Å². The van der Waals surface area contributed by atoms with Gasteiger partial charge in [0.15, 0.2) is 11.6 Å². The van der Waals surface area contributed by atoms with Crippen LogP contribution in [-0.2, 0) is 13.6 Å². The number of nitrogens with one attached hydrogen (secondary N) is 1. The topological polar surface area (TPSA) is 39.1 Å². The van der Waals surface area contributed by atoms with Crippen molar-refractivity contribution in [1.82, 2.24) is 14.9 Å². The van der Waals surface area contributed by atoms with E-state index < -0.39 is 0 Å². The smallest absolute Gasteiger partial charge is 0.165 e. The minimum atomic E-state index is -0.375. The van der Waals surface area contributed by atoms with Gasteiger partial charge in [-0.1, -0.05) is 0 Å². The Morgan fingerprint density at radius 2 is 2.16 bits per heavy atom. The van der Waals surface area contributed by atoms with Crippen LogP contribution in [0, 0.1) is 12.7 Å². The maximum atomic E-state index is 13.8. The number of aromatic nitrogens is 2. The zero-order chi connectivity index (χ0) is 14.0. The van der Waals surface area contributed by atoms with Gasteiger partial charge >= 0.3 is 0 Å². The number of nitrogens with zero attached hydrogens (tertiary/aromatic N) is 2. The van der Waals surface area contributed by atoms with E-state index in [9.17, 15) is 4.39 Å². The molecule has 102 valence electrons. The van der Waals surface area contributed by atoms with Crippen LogP contribution in [0.4, 0.5) is 4.39 Å². The summed E-state index contributed by atoms with van der Waals surface area (Å²) in [7, 11) is 5.28. The number of imidazole rings is 1. The number of halogens is 1. The van der Waals surface area contributed by atoms with E-state index in [1.54, 1.807) is 6.07 Å². The third-order valence-electron chi connectivity index (χ3n) is 3.23. The van der Waals surface area contributed by atoms with E-state index in [-0.39, 0.29) is 11.6 Å². The molecular weight excluding hydrogens is 245 g/mol. The van der Waals surface area contributed by atoms with Crippen molar-refractivity contribution in [2.45, 2.75) is 13.5 Å². The molecule has 0 saturated carbocycles. The Morgan fingerprint density at radius 3 is 2.74 bits per heavy atom. The summed E-state index contributed by atoms with van der Waals surface area (Å²) in [5, 5.41) is 3.07. The van der Waals surface area contributed by atoms with Crippen molar-refractivity contribution in [3.05, 3.63) is 35.5 Å². The summed E-state index contributed by atoms with van der Waals surface area (Å²) in [6.45, 7) is 2.65. The lowest BCUT2D eigenvalue weighted by Gasteiger charge is -2.04. The molecule has 0 bridgehead atoms. The van der Waals surface area contributed by atoms with Crippen LogP contribution in [0.25, 0.3) is 11.3 Å². The molecule has 1 aromatic carbocycles. The van der Waals surface area contributed by atoms with Gasteiger partial charge in [-0.25, -0.2) is 9.37 Å². The Morgan fingerprint density at radius 1 is 1.42 bits per heavy atom. The Labute approximate surface area is 112 Å². The van der Waals surface area contributed by atoms with Crippen molar-refractivity contribution in [3.8, 4) is 17.0 Å². The third-order valence-corrected chi connectivity index (χ3v) is 3.23. The van der Waals surface area contributed by atoms with E-state index in [2.05, 4.69) is 10.3 Å². The second-order valence-corrected chi connectivity index (χ2v) is 4.40. The van der Waals surface area contributed by atoms with Crippen LogP contribution in [0.15, 0.2) is 18.2 Å². The van der Waals surface area contributed by atoms with E-state index in [4.69, 9.17) is 4.74 Å². The van der Waals surface area contributed by atoms with Crippen molar-refractivity contribution in [2.75, 3.05) is 14.2 Å². The number of hydrogen-bond donors (Lipinski definition) is 1. The molecule has 1 N–H and O–H groups in total. The molecule has 5 heteroatoms. The molecule has 0 aliphatic carbocycles. The van der Waals surface area contributed by atoms with Crippen molar-refractivity contribution in [2.24, 2.45) is 7.05 Å². The van der Waals surface area contributed by atoms with Crippen LogP contribution in [0.1, 0.15) is 11.5 Å². The van der Waals surface area contributed by atoms with E-state index in [0.29, 0.717) is 6.54 Å². The first kappa shape index (κ1) is 13.5. The molecule has 2 aromatic rings. The Kier molecular flexibility index (Phi) is 3.85. The van der Waals surface area contributed by atoms with Crippen LogP contribution in [0.3, 0.4) is 0 Å². The van der Waals surface area contributed by atoms with Gasteiger partial charge in [0.25, 0.3) is 0 Å². The molecule has 0 unspecified atom stereocenters. The summed E-state index contributed by atoms with van der Waals surface area (Å²) in [6.07, 6.45) is 0. The van der Waals surface area contributed by atoms with Gasteiger partial charge in [0, 0.05) is 18.3 Å². The number of rotatable bonds is 4. The maximum absolute atomic E-state index is 13.8. The van der Waals surface area contributed by atoms with Gasteiger partial charge in [-0.15, -0.1) is 0 Å². The first-order chi connectivity index (χ1) is 9.08. The van der Waals surface area contributed by atoms with Gasteiger partial charge in [-0.3, -0.25) is 0 Å². The van der Waals surface area contributed by atoms with Gasteiger partial charge in [0.2, 0.25) is 0 Å². The van der Waals surface area contributed by atoms with E-state index in [0.717, 1.165) is 22.8 Å². The van der Waals surface area contributed by atoms with Crippen LogP contribution >= 0.6 is 0 Å². The molecule has 19 heavy (non-hydrogen) atoms. The van der Waals surface area contributed by atoms with Gasteiger partial charge in [0.1, 0.15) is 5.82 Å². The Balaban J connectivity index is 2.47. The van der Waals surface area contributed by atoms with Crippen molar-refractivity contribution in [1.29, 1.82) is 0 Å². The fourth-order valence-corrected chi connectivity index (χ4v) is 2.04. The van der Waals surface area contributed by atoms with Crippen LogP contribution in [0.2, 0.25) is 0 Å². The van der Waals surface area contributed by atoms with Crippen molar-refractivity contribution < 1.29 is 9.13 Å². The largest absolute Gasteiger partial charge is 0.494 e. The Hall–Kier alpha value is -1.88. The van der Waals surface area contributed by atoms with Crippen molar-refractivity contribution >= 4 is 0 Å². The molecule has 0 amide bonds. The summed E-state index contributed by atoms with van der Waals surface area (Å²) < 4.78 is 20.7. The van der Waals surface area contributed by atoms with Crippen molar-refractivity contribution in [3.63, 3.8) is 0 Å². The minimum Gasteiger partial charge on any atom is -0.494 e. The lowest BCUT2D eigenvalue weighted by atomic mass is 10.1. The van der Waals surface area contributed by atoms with E-state index in [1.165, 1.54) is 13.2 Å². The van der Waals surface area contributed by atoms with E-state index in [1.807, 2.05) is 31.7 Å². The summed E-state index contributed by atoms with van der Waals surface area (Å²) in [4.78, 5) is 4.56. The molecule has 0 radical (unpaired) electrons. The average molecular weight is 263 g/mol. The lowest BCUT2D eigenvalue weighted by molar-refractivity contribution is 0.386. The highest BCUT2D eigenvalue weighted by Gasteiger charge is 2.14. The number of ether oxygens (including phenoxy) is 1. The van der Waals surface area contributed by atoms with Gasteiger partial charge in [0.05, 0.1) is 19.3 Å². The number of methoxy groups -OCH3 is 1. The van der Waals surface area contributed by atoms with E-state index >= 15 is 0 Å². The summed E-state index contributed by atoms with van der Waals surface area (Å²) in [5.74, 6) is 0.791. The van der Waals surface area contributed by atoms with Crippen LogP contribution in [-0.4, -0.2) is 23.7 Å². The third kappa shape index (κ3) is 2.46. The molecule has 0 spiro atoms. The molecule has 0 saturated heterocycles. The predicted octanol–water partition coefficient (Wildman–Crippen LogP) is 2.26. The summed E-state index contributed by atoms with van der Waals surface area (Å²) in [6, 6.07) is 4.90. The highest BCUT2D eigenvalue weighted by molar-refractivity contribution is 5.63. The summed E-state index contributed by atoms with van der Waals surface area (Å²) >= 11 is 0. The van der Waals surface area contributed by atoms with Crippen LogP contribution < -0.4 is 10.1 Å². The summed E-state index contributed by atoms with van der Waals surface area (Å²) in [5.41, 5.74) is 2.57. The zero-order valence-corrected chi connectivity index (χ0v) is 11.6. The fraction of sp³-hybridized carbons (Fsp3) is 0.357. The molecule has 0 aliphatic heterocycles. The second kappa shape index (κ2) is 5.40. The lowest BCUT2D eigenvalue weighted by Crippen LogP contribution is -2.10. The molecule has 4 nitrogen and oxygen atoms in total. The highest BCUT2D eigenvalue weighted by atomic mass is 19.1. The molecular formula is C14H18FN3O. The molecule has 0 aliphatic rings.